The van der Waals surface area contributed by atoms with Crippen molar-refractivity contribution >= 4 is 16.9 Å². The van der Waals surface area contributed by atoms with Gasteiger partial charge in [-0.15, -0.1) is 0 Å². The number of amides is 1. The minimum Gasteiger partial charge on any atom is -0.350 e. The van der Waals surface area contributed by atoms with E-state index in [9.17, 15) is 4.79 Å². The van der Waals surface area contributed by atoms with E-state index in [0.717, 1.165) is 33.5 Å². The highest BCUT2D eigenvalue weighted by atomic mass is 16.1. The van der Waals surface area contributed by atoms with Gasteiger partial charge in [0.05, 0.1) is 11.7 Å². The van der Waals surface area contributed by atoms with Gasteiger partial charge in [0.2, 0.25) is 5.91 Å². The van der Waals surface area contributed by atoms with E-state index in [1.807, 2.05) is 62.8 Å². The molecule has 2 heterocycles. The van der Waals surface area contributed by atoms with Crippen LogP contribution in [-0.4, -0.2) is 20.7 Å². The standard InChI is InChI=1S/C21H26N4O/c1-13-18(15(3)23-21-20(13)16(4)24-25(21)5)11-12-19(26)22-14(2)17-9-7-6-8-10-17/h6-10,14H,11-12H2,1-5H3,(H,22,26). The summed E-state index contributed by atoms with van der Waals surface area (Å²) in [6, 6.07) is 10.0. The molecule has 26 heavy (non-hydrogen) atoms. The van der Waals surface area contributed by atoms with Crippen LogP contribution in [0.5, 0.6) is 0 Å². The Labute approximate surface area is 154 Å². The molecule has 1 unspecified atom stereocenters. The van der Waals surface area contributed by atoms with Gasteiger partial charge in [-0.3, -0.25) is 9.48 Å². The number of nitrogens with one attached hydrogen (secondary N) is 1. The van der Waals surface area contributed by atoms with E-state index < -0.39 is 0 Å². The maximum Gasteiger partial charge on any atom is 0.220 e. The van der Waals surface area contributed by atoms with Crippen molar-refractivity contribution in [1.29, 1.82) is 0 Å². The van der Waals surface area contributed by atoms with Gasteiger partial charge >= 0.3 is 0 Å². The first-order valence-corrected chi connectivity index (χ1v) is 9.02. The summed E-state index contributed by atoms with van der Waals surface area (Å²) < 4.78 is 1.82. The Balaban J connectivity index is 1.73. The fourth-order valence-corrected chi connectivity index (χ4v) is 3.61. The van der Waals surface area contributed by atoms with Crippen molar-refractivity contribution in [2.45, 2.75) is 46.6 Å². The van der Waals surface area contributed by atoms with Crippen LogP contribution in [0.3, 0.4) is 0 Å². The van der Waals surface area contributed by atoms with Crippen LogP contribution in [0.25, 0.3) is 11.0 Å². The largest absolute Gasteiger partial charge is 0.350 e. The molecule has 3 rings (SSSR count). The maximum absolute atomic E-state index is 12.4. The Bertz CT molecular complexity index is 944. The molecule has 3 aromatic rings. The molecule has 5 heteroatoms. The van der Waals surface area contributed by atoms with Gasteiger partial charge in [-0.05, 0) is 50.8 Å². The van der Waals surface area contributed by atoms with Crippen LogP contribution in [0.2, 0.25) is 0 Å². The van der Waals surface area contributed by atoms with Gasteiger partial charge in [0.25, 0.3) is 0 Å². The summed E-state index contributed by atoms with van der Waals surface area (Å²) in [4.78, 5) is 17.1. The number of carbonyl (C=O) groups excluding carboxylic acids is 1. The number of aromatic nitrogens is 3. The van der Waals surface area contributed by atoms with Crippen LogP contribution in [0, 0.1) is 20.8 Å². The maximum atomic E-state index is 12.4. The van der Waals surface area contributed by atoms with Crippen molar-refractivity contribution in [1.82, 2.24) is 20.1 Å². The molecule has 0 saturated heterocycles. The van der Waals surface area contributed by atoms with E-state index in [-0.39, 0.29) is 11.9 Å². The number of fused-ring (bicyclic) bond motifs is 1. The number of benzene rings is 1. The zero-order valence-corrected chi connectivity index (χ0v) is 16.1. The first kappa shape index (κ1) is 18.1. The third-order valence-electron chi connectivity index (χ3n) is 5.01. The predicted molar refractivity (Wildman–Crippen MR) is 104 cm³/mol. The number of hydrogen-bond acceptors (Lipinski definition) is 3. The molecule has 1 amide bonds. The van der Waals surface area contributed by atoms with Gasteiger partial charge in [-0.25, -0.2) is 4.98 Å². The smallest absolute Gasteiger partial charge is 0.220 e. The van der Waals surface area contributed by atoms with Crippen LogP contribution >= 0.6 is 0 Å². The first-order valence-electron chi connectivity index (χ1n) is 9.02. The molecule has 0 saturated carbocycles. The number of carbonyl (C=O) groups is 1. The van der Waals surface area contributed by atoms with Crippen LogP contribution in [0.4, 0.5) is 0 Å². The zero-order chi connectivity index (χ0) is 18.8. The average molecular weight is 350 g/mol. The van der Waals surface area contributed by atoms with Crippen LogP contribution in [-0.2, 0) is 18.3 Å². The second-order valence-electron chi connectivity index (χ2n) is 6.91. The highest BCUT2D eigenvalue weighted by molar-refractivity contribution is 5.84. The summed E-state index contributed by atoms with van der Waals surface area (Å²) in [5, 5.41) is 8.66. The lowest BCUT2D eigenvalue weighted by atomic mass is 9.99. The molecule has 5 nitrogen and oxygen atoms in total. The van der Waals surface area contributed by atoms with Crippen molar-refractivity contribution < 1.29 is 4.79 Å². The van der Waals surface area contributed by atoms with E-state index in [1.54, 1.807) is 0 Å². The number of rotatable bonds is 5. The van der Waals surface area contributed by atoms with E-state index in [0.29, 0.717) is 12.8 Å². The van der Waals surface area contributed by atoms with Gasteiger partial charge in [0.15, 0.2) is 5.65 Å². The molecule has 0 radical (unpaired) electrons. The molecule has 1 aromatic carbocycles. The molecule has 0 aliphatic rings. The topological polar surface area (TPSA) is 59.8 Å². The average Bonchev–Trinajstić information content (AvgIpc) is 2.89. The van der Waals surface area contributed by atoms with Crippen molar-refractivity contribution in [3.63, 3.8) is 0 Å². The van der Waals surface area contributed by atoms with Gasteiger partial charge in [-0.2, -0.15) is 5.10 Å². The fraction of sp³-hybridized carbons (Fsp3) is 0.381. The van der Waals surface area contributed by atoms with E-state index in [4.69, 9.17) is 4.98 Å². The predicted octanol–water partition coefficient (Wildman–Crippen LogP) is 3.70. The van der Waals surface area contributed by atoms with Crippen LogP contribution < -0.4 is 5.32 Å². The van der Waals surface area contributed by atoms with E-state index in [1.165, 1.54) is 5.56 Å². The van der Waals surface area contributed by atoms with Gasteiger partial charge in [-0.1, -0.05) is 30.3 Å². The van der Waals surface area contributed by atoms with Gasteiger partial charge < -0.3 is 5.32 Å². The van der Waals surface area contributed by atoms with Crippen molar-refractivity contribution in [2.24, 2.45) is 7.05 Å². The summed E-state index contributed by atoms with van der Waals surface area (Å²) in [6.45, 7) is 8.13. The summed E-state index contributed by atoms with van der Waals surface area (Å²) in [5.41, 5.74) is 6.31. The summed E-state index contributed by atoms with van der Waals surface area (Å²) in [5.74, 6) is 0.0585. The molecular weight excluding hydrogens is 324 g/mol. The number of pyridine rings is 1. The number of hydrogen-bond donors (Lipinski definition) is 1. The Hall–Kier alpha value is -2.69. The van der Waals surface area contributed by atoms with E-state index in [2.05, 4.69) is 17.3 Å². The first-order chi connectivity index (χ1) is 12.4. The molecule has 0 spiro atoms. The summed E-state index contributed by atoms with van der Waals surface area (Å²) >= 11 is 0. The Morgan fingerprint density at radius 3 is 2.54 bits per heavy atom. The third-order valence-corrected chi connectivity index (χ3v) is 5.01. The molecule has 0 aliphatic heterocycles. The Morgan fingerprint density at radius 2 is 1.85 bits per heavy atom. The normalized spacial score (nSPS) is 12.3. The van der Waals surface area contributed by atoms with E-state index >= 15 is 0 Å². The summed E-state index contributed by atoms with van der Waals surface area (Å²) in [6.07, 6.45) is 1.13. The number of nitrogens with zero attached hydrogens (tertiary/aromatic N) is 3. The number of aryl methyl sites for hydroxylation is 4. The monoisotopic (exact) mass is 350 g/mol. The third kappa shape index (κ3) is 3.47. The molecule has 0 aliphatic carbocycles. The van der Waals surface area contributed by atoms with Crippen LogP contribution in [0.1, 0.15) is 47.5 Å². The highest BCUT2D eigenvalue weighted by Gasteiger charge is 2.16. The lowest BCUT2D eigenvalue weighted by molar-refractivity contribution is -0.121. The molecule has 0 fully saturated rings. The quantitative estimate of drug-likeness (QED) is 0.763. The SMILES string of the molecule is Cc1nc2c(c(C)nn2C)c(C)c1CCC(=O)NC(C)c1ccccc1. The minimum absolute atomic E-state index is 0.00654. The van der Waals surface area contributed by atoms with Gasteiger partial charge in [0, 0.05) is 24.5 Å². The Morgan fingerprint density at radius 1 is 1.15 bits per heavy atom. The molecule has 1 atom stereocenters. The Kier molecular flexibility index (Phi) is 5.07. The highest BCUT2D eigenvalue weighted by Crippen LogP contribution is 2.26. The lowest BCUT2D eigenvalue weighted by Gasteiger charge is -2.15. The fourth-order valence-electron chi connectivity index (χ4n) is 3.61. The van der Waals surface area contributed by atoms with Crippen molar-refractivity contribution in [3.05, 3.63) is 58.4 Å². The molecule has 1 N–H and O–H groups in total. The molecule has 136 valence electrons. The molecule has 2 aromatic heterocycles. The molecule has 0 bridgehead atoms. The van der Waals surface area contributed by atoms with Crippen molar-refractivity contribution in [2.75, 3.05) is 0 Å². The summed E-state index contributed by atoms with van der Waals surface area (Å²) in [7, 11) is 1.92. The van der Waals surface area contributed by atoms with Gasteiger partial charge in [0.1, 0.15) is 0 Å². The minimum atomic E-state index is 0.00654. The second-order valence-corrected chi connectivity index (χ2v) is 6.91. The molecular formula is C21H26N4O. The zero-order valence-electron chi connectivity index (χ0n) is 16.1. The lowest BCUT2D eigenvalue weighted by Crippen LogP contribution is -2.27. The van der Waals surface area contributed by atoms with Crippen molar-refractivity contribution in [3.8, 4) is 0 Å². The second kappa shape index (κ2) is 7.28. The van der Waals surface area contributed by atoms with Crippen LogP contribution in [0.15, 0.2) is 30.3 Å².